The second kappa shape index (κ2) is 4.58. The Bertz CT molecular complexity index is 647. The first-order valence-electron chi connectivity index (χ1n) is 8.21. The van der Waals surface area contributed by atoms with E-state index in [1.165, 1.54) is 11.1 Å². The van der Waals surface area contributed by atoms with E-state index >= 15 is 0 Å². The molecule has 1 amide bonds. The van der Waals surface area contributed by atoms with Crippen LogP contribution in [-0.2, 0) is 21.4 Å². The highest BCUT2D eigenvalue weighted by atomic mass is 16.4. The lowest BCUT2D eigenvalue weighted by Crippen LogP contribution is -2.53. The van der Waals surface area contributed by atoms with Crippen LogP contribution in [0.25, 0.3) is 0 Å². The summed E-state index contributed by atoms with van der Waals surface area (Å²) in [4.78, 5) is 24.3. The van der Waals surface area contributed by atoms with Crippen LogP contribution in [-0.4, -0.2) is 22.5 Å². The first-order chi connectivity index (χ1) is 10.6. The van der Waals surface area contributed by atoms with Gasteiger partial charge in [-0.05, 0) is 43.2 Å². The number of aliphatic carboxylic acids is 1. The largest absolute Gasteiger partial charge is 0.480 e. The maximum Gasteiger partial charge on any atom is 0.329 e. The van der Waals surface area contributed by atoms with Gasteiger partial charge in [-0.1, -0.05) is 37.1 Å². The summed E-state index contributed by atoms with van der Waals surface area (Å²) in [6.45, 7) is 0. The fourth-order valence-corrected chi connectivity index (χ4v) is 4.63. The molecule has 116 valence electrons. The summed E-state index contributed by atoms with van der Waals surface area (Å²) < 4.78 is 0. The quantitative estimate of drug-likeness (QED) is 0.900. The molecule has 4 heteroatoms. The van der Waals surface area contributed by atoms with Crippen LogP contribution in [0.15, 0.2) is 24.3 Å². The summed E-state index contributed by atoms with van der Waals surface area (Å²) in [5, 5.41) is 12.4. The van der Waals surface area contributed by atoms with E-state index in [2.05, 4.69) is 17.4 Å². The molecule has 4 nitrogen and oxygen atoms in total. The van der Waals surface area contributed by atoms with Crippen LogP contribution >= 0.6 is 0 Å². The van der Waals surface area contributed by atoms with Crippen molar-refractivity contribution in [2.24, 2.45) is 5.92 Å². The number of carboxylic acids is 1. The minimum absolute atomic E-state index is 0.0149. The first kappa shape index (κ1) is 13.8. The second-order valence-electron chi connectivity index (χ2n) is 7.15. The predicted octanol–water partition coefficient (Wildman–Crippen LogP) is 2.40. The van der Waals surface area contributed by atoms with Gasteiger partial charge in [0.1, 0.15) is 5.54 Å². The zero-order valence-electron chi connectivity index (χ0n) is 12.6. The zero-order valence-corrected chi connectivity index (χ0v) is 12.6. The van der Waals surface area contributed by atoms with Crippen LogP contribution in [0.3, 0.4) is 0 Å². The van der Waals surface area contributed by atoms with Crippen molar-refractivity contribution in [1.82, 2.24) is 5.32 Å². The van der Waals surface area contributed by atoms with Crippen LogP contribution in [0.2, 0.25) is 0 Å². The number of carbonyl (C=O) groups excluding carboxylic acids is 1. The maximum absolute atomic E-state index is 12.7. The smallest absolute Gasteiger partial charge is 0.329 e. The van der Waals surface area contributed by atoms with Crippen LogP contribution in [0.4, 0.5) is 0 Å². The SMILES string of the molecule is O=C(NC1(C(=O)O)CCCC1)C1CC12CCc1ccccc12. The lowest BCUT2D eigenvalue weighted by molar-refractivity contribution is -0.147. The molecule has 0 saturated heterocycles. The van der Waals surface area contributed by atoms with E-state index in [1.807, 2.05) is 12.1 Å². The number of rotatable bonds is 3. The Morgan fingerprint density at radius 3 is 2.59 bits per heavy atom. The molecule has 2 fully saturated rings. The Balaban J connectivity index is 1.53. The number of nitrogens with one attached hydrogen (secondary N) is 1. The normalized spacial score (nSPS) is 31.0. The summed E-state index contributed by atoms with van der Waals surface area (Å²) in [6, 6.07) is 8.37. The monoisotopic (exact) mass is 299 g/mol. The molecule has 1 aromatic rings. The molecule has 2 unspecified atom stereocenters. The van der Waals surface area contributed by atoms with E-state index < -0.39 is 11.5 Å². The number of hydrogen-bond donors (Lipinski definition) is 2. The molecule has 0 aromatic heterocycles. The van der Waals surface area contributed by atoms with Gasteiger partial charge >= 0.3 is 5.97 Å². The van der Waals surface area contributed by atoms with E-state index in [4.69, 9.17) is 0 Å². The Labute approximate surface area is 129 Å². The summed E-state index contributed by atoms with van der Waals surface area (Å²) in [5.41, 5.74) is 1.63. The second-order valence-corrected chi connectivity index (χ2v) is 7.15. The maximum atomic E-state index is 12.7. The van der Waals surface area contributed by atoms with E-state index in [0.717, 1.165) is 32.1 Å². The lowest BCUT2D eigenvalue weighted by atomic mass is 9.93. The first-order valence-corrected chi connectivity index (χ1v) is 8.21. The summed E-state index contributed by atoms with van der Waals surface area (Å²) in [7, 11) is 0. The van der Waals surface area contributed by atoms with Crippen molar-refractivity contribution in [2.45, 2.75) is 55.9 Å². The van der Waals surface area contributed by atoms with Crippen molar-refractivity contribution >= 4 is 11.9 Å². The molecule has 3 aliphatic carbocycles. The van der Waals surface area contributed by atoms with Gasteiger partial charge in [0.15, 0.2) is 0 Å². The minimum atomic E-state index is -1.01. The Morgan fingerprint density at radius 1 is 1.14 bits per heavy atom. The molecule has 1 spiro atoms. The average Bonchev–Trinajstić information content (AvgIpc) is 2.86. The molecule has 3 aliphatic rings. The summed E-state index contributed by atoms with van der Waals surface area (Å²) in [5.74, 6) is -0.978. The molecular weight excluding hydrogens is 278 g/mol. The number of benzene rings is 1. The fourth-order valence-electron chi connectivity index (χ4n) is 4.63. The number of hydrogen-bond acceptors (Lipinski definition) is 2. The van der Waals surface area contributed by atoms with Gasteiger partial charge in [-0.2, -0.15) is 0 Å². The van der Waals surface area contributed by atoms with Crippen LogP contribution in [0.5, 0.6) is 0 Å². The average molecular weight is 299 g/mol. The molecular formula is C18H21NO3. The molecule has 0 aliphatic heterocycles. The van der Waals surface area contributed by atoms with Crippen LogP contribution in [0, 0.1) is 5.92 Å². The zero-order chi connectivity index (χ0) is 15.4. The third-order valence-corrected chi connectivity index (χ3v) is 6.01. The molecule has 4 rings (SSSR count). The van der Waals surface area contributed by atoms with Gasteiger partial charge < -0.3 is 10.4 Å². The predicted molar refractivity (Wildman–Crippen MR) is 81.5 cm³/mol. The number of carbonyl (C=O) groups is 2. The van der Waals surface area contributed by atoms with Gasteiger partial charge in [0.25, 0.3) is 0 Å². The Hall–Kier alpha value is -1.84. The van der Waals surface area contributed by atoms with Crippen molar-refractivity contribution < 1.29 is 14.7 Å². The van der Waals surface area contributed by atoms with Gasteiger partial charge in [-0.15, -0.1) is 0 Å². The van der Waals surface area contributed by atoms with Crippen molar-refractivity contribution in [3.05, 3.63) is 35.4 Å². The van der Waals surface area contributed by atoms with Gasteiger partial charge in [0.2, 0.25) is 5.91 Å². The Kier molecular flexibility index (Phi) is 2.87. The molecule has 0 heterocycles. The number of fused-ring (bicyclic) bond motifs is 2. The third kappa shape index (κ3) is 1.82. The molecule has 0 bridgehead atoms. The van der Waals surface area contributed by atoms with Gasteiger partial charge in [-0.3, -0.25) is 4.79 Å². The number of carboxylic acid groups (broad SMARTS) is 1. The van der Waals surface area contributed by atoms with Crippen molar-refractivity contribution in [2.75, 3.05) is 0 Å². The van der Waals surface area contributed by atoms with Crippen LogP contribution < -0.4 is 5.32 Å². The summed E-state index contributed by atoms with van der Waals surface area (Å²) >= 11 is 0. The summed E-state index contributed by atoms with van der Waals surface area (Å²) in [6.07, 6.45) is 5.80. The highest BCUT2D eigenvalue weighted by Crippen LogP contribution is 2.61. The van der Waals surface area contributed by atoms with Gasteiger partial charge in [0.05, 0.1) is 0 Å². The molecule has 2 N–H and O–H groups in total. The van der Waals surface area contributed by atoms with Crippen molar-refractivity contribution in [3.8, 4) is 0 Å². The molecule has 1 aromatic carbocycles. The van der Waals surface area contributed by atoms with Gasteiger partial charge in [0, 0.05) is 11.3 Å². The molecule has 2 atom stereocenters. The van der Waals surface area contributed by atoms with Crippen LogP contribution in [0.1, 0.15) is 49.7 Å². The van der Waals surface area contributed by atoms with E-state index in [-0.39, 0.29) is 17.2 Å². The Morgan fingerprint density at radius 2 is 1.86 bits per heavy atom. The fraction of sp³-hybridized carbons (Fsp3) is 0.556. The minimum Gasteiger partial charge on any atom is -0.480 e. The molecule has 22 heavy (non-hydrogen) atoms. The number of amides is 1. The third-order valence-electron chi connectivity index (χ3n) is 6.01. The van der Waals surface area contributed by atoms with Crippen molar-refractivity contribution in [1.29, 1.82) is 0 Å². The number of aryl methyl sites for hydroxylation is 1. The topological polar surface area (TPSA) is 66.4 Å². The molecule has 2 saturated carbocycles. The standard InChI is InChI=1S/C18H21NO3/c20-15(19-18(16(21)22)8-3-4-9-18)14-11-17(14)10-7-12-5-1-2-6-13(12)17/h1-2,5-6,14H,3-4,7-11H2,(H,19,20)(H,21,22). The highest BCUT2D eigenvalue weighted by molar-refractivity contribution is 5.91. The lowest BCUT2D eigenvalue weighted by Gasteiger charge is -2.26. The van der Waals surface area contributed by atoms with Crippen molar-refractivity contribution in [3.63, 3.8) is 0 Å². The van der Waals surface area contributed by atoms with E-state index in [9.17, 15) is 14.7 Å². The van der Waals surface area contributed by atoms with E-state index in [1.54, 1.807) is 0 Å². The highest BCUT2D eigenvalue weighted by Gasteiger charge is 2.62. The van der Waals surface area contributed by atoms with Gasteiger partial charge in [-0.25, -0.2) is 4.79 Å². The molecule has 0 radical (unpaired) electrons. The van der Waals surface area contributed by atoms with E-state index in [0.29, 0.717) is 12.8 Å².